The van der Waals surface area contributed by atoms with Crippen LogP contribution in [0.25, 0.3) is 0 Å². The van der Waals surface area contributed by atoms with Gasteiger partial charge in [-0.1, -0.05) is 315 Å². The summed E-state index contributed by atoms with van der Waals surface area (Å²) in [6.07, 6.45) is 69.2. The predicted octanol–water partition coefficient (Wildman–Crippen LogP) is 19.3. The first-order valence-electron chi connectivity index (χ1n) is 33.6. The first kappa shape index (κ1) is 75.2. The summed E-state index contributed by atoms with van der Waals surface area (Å²) in [6.45, 7) is 4.45. The number of aliphatic hydroxyl groups excluding tert-OH is 2. The highest BCUT2D eigenvalue weighted by Gasteiger charge is 2.29. The summed E-state index contributed by atoms with van der Waals surface area (Å²) in [7, 11) is 1.12. The van der Waals surface area contributed by atoms with E-state index in [2.05, 4.69) is 31.3 Å². The number of rotatable bonds is 63. The molecular formula is C66H133N2O7P. The molecule has 0 aromatic rings. The Balaban J connectivity index is 3.86. The molecule has 0 aliphatic carbocycles. The number of carbonyl (C=O) groups is 1. The number of carbonyl (C=O) groups excluding carboxylic acids is 1. The molecule has 454 valence electrons. The van der Waals surface area contributed by atoms with Crippen LogP contribution < -0.4 is 10.2 Å². The molecule has 9 nitrogen and oxygen atoms in total. The van der Waals surface area contributed by atoms with Gasteiger partial charge < -0.3 is 34.0 Å². The fraction of sp³-hybridized carbons (Fsp3) is 0.955. The lowest BCUT2D eigenvalue weighted by atomic mass is 10.0. The summed E-state index contributed by atoms with van der Waals surface area (Å²) in [5.41, 5.74) is 0. The van der Waals surface area contributed by atoms with Crippen LogP contribution in [0, 0.1) is 0 Å². The van der Waals surface area contributed by atoms with E-state index in [1.807, 2.05) is 21.1 Å². The number of nitrogens with one attached hydrogen (secondary N) is 1. The third-order valence-corrected chi connectivity index (χ3v) is 16.8. The van der Waals surface area contributed by atoms with Gasteiger partial charge in [0.05, 0.1) is 39.9 Å². The highest BCUT2D eigenvalue weighted by molar-refractivity contribution is 7.45. The molecule has 4 atom stereocenters. The second-order valence-corrected chi connectivity index (χ2v) is 26.1. The molecule has 1 amide bonds. The second kappa shape index (κ2) is 57.4. The van der Waals surface area contributed by atoms with Crippen molar-refractivity contribution >= 4 is 13.7 Å². The van der Waals surface area contributed by atoms with E-state index in [0.717, 1.165) is 32.1 Å². The molecular weight excluding hydrogens is 964 g/mol. The fourth-order valence-electron chi connectivity index (χ4n) is 10.6. The zero-order chi connectivity index (χ0) is 55.7. The van der Waals surface area contributed by atoms with Gasteiger partial charge in [-0.3, -0.25) is 9.36 Å². The third-order valence-electron chi connectivity index (χ3n) is 15.8. The number of hydrogen-bond donors (Lipinski definition) is 3. The SMILES string of the molecule is CCCCCCCCC/C=C/CCCC(O)C(O)C(COP(=O)([O-])OCC[N+](C)(C)C)NC(=O)CCCCCCCCCCCCCCCCCCCCCCCCCCCCCCCCCCCCCCCCCC. The van der Waals surface area contributed by atoms with Crippen LogP contribution in [0.4, 0.5) is 0 Å². The standard InChI is InChI=1S/C66H133N2O7P/c1-6-8-10-12-14-16-18-20-21-22-23-24-25-26-27-28-29-30-31-32-33-34-35-36-37-38-39-40-41-42-43-44-45-46-47-49-51-53-55-57-59-65(70)67-63(62-75-76(72,73)74-61-60-68(3,4)5)66(71)64(69)58-56-54-52-50-48-19-17-15-13-11-9-7-2/h50,52,63-64,66,69,71H,6-49,51,53-62H2,1-5H3,(H-,67,70,72,73)/b52-50+. The highest BCUT2D eigenvalue weighted by atomic mass is 31.2. The summed E-state index contributed by atoms with van der Waals surface area (Å²) in [4.78, 5) is 25.6. The molecule has 0 saturated carbocycles. The van der Waals surface area contributed by atoms with Crippen LogP contribution in [0.3, 0.4) is 0 Å². The van der Waals surface area contributed by atoms with Gasteiger partial charge in [0, 0.05) is 6.42 Å². The van der Waals surface area contributed by atoms with Gasteiger partial charge in [-0.05, 0) is 38.5 Å². The number of amides is 1. The predicted molar refractivity (Wildman–Crippen MR) is 327 cm³/mol. The molecule has 0 aromatic heterocycles. The van der Waals surface area contributed by atoms with Gasteiger partial charge in [0.25, 0.3) is 7.82 Å². The number of likely N-dealkylation sites (N-methyl/N-ethyl adjacent to an activating group) is 1. The normalized spacial score (nSPS) is 14.2. The second-order valence-electron chi connectivity index (χ2n) is 24.7. The molecule has 0 aliphatic rings. The molecule has 0 radical (unpaired) electrons. The molecule has 0 fully saturated rings. The van der Waals surface area contributed by atoms with Crippen molar-refractivity contribution in [2.75, 3.05) is 40.9 Å². The Morgan fingerprint density at radius 3 is 1.07 bits per heavy atom. The van der Waals surface area contributed by atoms with E-state index in [1.165, 1.54) is 283 Å². The van der Waals surface area contributed by atoms with E-state index in [4.69, 9.17) is 9.05 Å². The zero-order valence-electron chi connectivity index (χ0n) is 51.6. The van der Waals surface area contributed by atoms with E-state index in [0.29, 0.717) is 23.9 Å². The summed E-state index contributed by atoms with van der Waals surface area (Å²) in [5.74, 6) is -0.281. The van der Waals surface area contributed by atoms with Crippen molar-refractivity contribution in [2.24, 2.45) is 0 Å². The van der Waals surface area contributed by atoms with E-state index >= 15 is 0 Å². The number of nitrogens with zero attached hydrogens (tertiary/aromatic N) is 1. The van der Waals surface area contributed by atoms with Crippen LogP contribution in [0.15, 0.2) is 12.2 Å². The van der Waals surface area contributed by atoms with E-state index < -0.39 is 32.7 Å². The maximum Gasteiger partial charge on any atom is 0.268 e. The molecule has 4 unspecified atom stereocenters. The number of quaternary nitrogens is 1. The lowest BCUT2D eigenvalue weighted by molar-refractivity contribution is -0.870. The average molecular weight is 1100 g/mol. The van der Waals surface area contributed by atoms with E-state index in [9.17, 15) is 24.5 Å². The Morgan fingerprint density at radius 2 is 0.750 bits per heavy atom. The molecule has 0 saturated heterocycles. The minimum atomic E-state index is -4.68. The van der Waals surface area contributed by atoms with Gasteiger partial charge in [0.15, 0.2) is 0 Å². The van der Waals surface area contributed by atoms with Gasteiger partial charge >= 0.3 is 0 Å². The zero-order valence-corrected chi connectivity index (χ0v) is 52.5. The summed E-state index contributed by atoms with van der Waals surface area (Å²) >= 11 is 0. The van der Waals surface area contributed by atoms with Crippen molar-refractivity contribution in [1.82, 2.24) is 5.32 Å². The summed E-state index contributed by atoms with van der Waals surface area (Å²) < 4.78 is 23.3. The van der Waals surface area contributed by atoms with Gasteiger partial charge in [0.2, 0.25) is 5.91 Å². The number of allylic oxidation sites excluding steroid dienone is 2. The molecule has 0 bridgehead atoms. The minimum absolute atomic E-state index is 0.0429. The fourth-order valence-corrected chi connectivity index (χ4v) is 11.3. The van der Waals surface area contributed by atoms with Crippen molar-refractivity contribution in [2.45, 2.75) is 366 Å². The monoisotopic (exact) mass is 1100 g/mol. The molecule has 10 heteroatoms. The average Bonchev–Trinajstić information content (AvgIpc) is 3.38. The number of aliphatic hydroxyl groups is 2. The largest absolute Gasteiger partial charge is 0.756 e. The quantitative estimate of drug-likeness (QED) is 0.0239. The molecule has 76 heavy (non-hydrogen) atoms. The van der Waals surface area contributed by atoms with E-state index in [1.54, 1.807) is 0 Å². The molecule has 3 N–H and O–H groups in total. The lowest BCUT2D eigenvalue weighted by Gasteiger charge is -2.31. The van der Waals surface area contributed by atoms with Crippen LogP contribution in [-0.2, 0) is 18.4 Å². The Bertz CT molecular complexity index is 1260. The minimum Gasteiger partial charge on any atom is -0.756 e. The number of hydrogen-bond acceptors (Lipinski definition) is 7. The van der Waals surface area contributed by atoms with Crippen molar-refractivity contribution in [3.63, 3.8) is 0 Å². The van der Waals surface area contributed by atoms with Crippen LogP contribution in [0.5, 0.6) is 0 Å². The topological polar surface area (TPSA) is 128 Å². The van der Waals surface area contributed by atoms with Crippen LogP contribution in [0.1, 0.15) is 348 Å². The van der Waals surface area contributed by atoms with Gasteiger partial charge in [0.1, 0.15) is 19.3 Å². The maximum absolute atomic E-state index is 13.0. The Morgan fingerprint density at radius 1 is 0.461 bits per heavy atom. The first-order valence-corrected chi connectivity index (χ1v) is 35.1. The Kier molecular flexibility index (Phi) is 56.8. The number of unbranched alkanes of at least 4 members (excludes halogenated alkanes) is 47. The number of phosphoric acid groups is 1. The van der Waals surface area contributed by atoms with Crippen LogP contribution in [0.2, 0.25) is 0 Å². The molecule has 0 rings (SSSR count). The molecule has 0 aliphatic heterocycles. The molecule has 0 heterocycles. The highest BCUT2D eigenvalue weighted by Crippen LogP contribution is 2.38. The van der Waals surface area contributed by atoms with Gasteiger partial charge in [-0.25, -0.2) is 0 Å². The van der Waals surface area contributed by atoms with Gasteiger partial charge in [-0.15, -0.1) is 0 Å². The van der Waals surface area contributed by atoms with Crippen molar-refractivity contribution in [1.29, 1.82) is 0 Å². The third kappa shape index (κ3) is 57.9. The first-order chi connectivity index (χ1) is 36.9. The summed E-state index contributed by atoms with van der Waals surface area (Å²) in [5, 5.41) is 24.7. The van der Waals surface area contributed by atoms with Gasteiger partial charge in [-0.2, -0.15) is 0 Å². The van der Waals surface area contributed by atoms with Crippen molar-refractivity contribution in [3.05, 3.63) is 12.2 Å². The molecule has 0 spiro atoms. The summed E-state index contributed by atoms with van der Waals surface area (Å²) in [6, 6.07) is -1.09. The Labute approximate surface area is 474 Å². The van der Waals surface area contributed by atoms with Crippen LogP contribution >= 0.6 is 7.82 Å². The van der Waals surface area contributed by atoms with Crippen LogP contribution in [-0.4, -0.2) is 79.8 Å². The van der Waals surface area contributed by atoms with Crippen molar-refractivity contribution in [3.8, 4) is 0 Å². The molecule has 0 aromatic carbocycles. The van der Waals surface area contributed by atoms with Crippen molar-refractivity contribution < 1.29 is 38.0 Å². The Hall–Kier alpha value is -0.800. The lowest BCUT2D eigenvalue weighted by Crippen LogP contribution is -2.51. The smallest absolute Gasteiger partial charge is 0.268 e. The van der Waals surface area contributed by atoms with E-state index in [-0.39, 0.29) is 18.9 Å². The number of phosphoric ester groups is 1. The maximum atomic E-state index is 13.0.